The topological polar surface area (TPSA) is 108 Å². The standard InChI is InChI=1S/C18H11ClF3N5O3S2/c1-32(29,30)17-25-31-16-24-15(28)11(14(23)27(16)17)8-10-3-2-6-26(10)13-7-9(18(20,21)22)4-5-12(13)19/h2-8,23H,1H3/b11-8-,23-14?. The third-order valence-electron chi connectivity index (χ3n) is 4.43. The van der Waals surface area contributed by atoms with Crippen LogP contribution in [0.2, 0.25) is 5.02 Å². The summed E-state index contributed by atoms with van der Waals surface area (Å²) in [5.74, 6) is -1.29. The first-order valence-corrected chi connectivity index (χ1v) is 11.7. The lowest BCUT2D eigenvalue weighted by Gasteiger charge is -2.24. The molecule has 2 aliphatic rings. The maximum absolute atomic E-state index is 13.2. The van der Waals surface area contributed by atoms with Crippen LogP contribution in [-0.4, -0.2) is 46.2 Å². The molecule has 0 fully saturated rings. The molecule has 1 N–H and O–H groups in total. The number of benzene rings is 1. The van der Waals surface area contributed by atoms with Crippen molar-refractivity contribution in [3.8, 4) is 5.69 Å². The number of hydrogen-bond acceptors (Lipinski definition) is 6. The molecule has 4 rings (SSSR count). The molecule has 1 amide bonds. The molecule has 1 aromatic heterocycles. The van der Waals surface area contributed by atoms with E-state index in [-0.39, 0.29) is 27.1 Å². The maximum Gasteiger partial charge on any atom is 0.416 e. The highest BCUT2D eigenvalue weighted by Crippen LogP contribution is 2.34. The van der Waals surface area contributed by atoms with Gasteiger partial charge in [-0.1, -0.05) is 11.6 Å². The Morgan fingerprint density at radius 3 is 2.62 bits per heavy atom. The zero-order chi connectivity index (χ0) is 23.4. The van der Waals surface area contributed by atoms with Crippen LogP contribution in [0, 0.1) is 5.41 Å². The van der Waals surface area contributed by atoms with E-state index in [0.29, 0.717) is 11.9 Å². The van der Waals surface area contributed by atoms with Crippen molar-refractivity contribution in [2.24, 2.45) is 9.39 Å². The molecule has 8 nitrogen and oxygen atoms in total. The summed E-state index contributed by atoms with van der Waals surface area (Å²) in [5.41, 5.74) is -0.950. The second-order valence-corrected chi connectivity index (χ2v) is 9.69. The summed E-state index contributed by atoms with van der Waals surface area (Å²) in [4.78, 5) is 17.2. The molecule has 0 spiro atoms. The van der Waals surface area contributed by atoms with E-state index in [1.165, 1.54) is 29.0 Å². The number of aliphatic imine (C=N–C) groups is 1. The fraction of sp³-hybridized carbons (Fsp3) is 0.111. The van der Waals surface area contributed by atoms with Crippen LogP contribution in [0.4, 0.5) is 13.2 Å². The van der Waals surface area contributed by atoms with E-state index in [0.717, 1.165) is 29.4 Å². The molecule has 0 atom stereocenters. The molecule has 0 bridgehead atoms. The Morgan fingerprint density at radius 2 is 1.97 bits per heavy atom. The minimum atomic E-state index is -4.59. The van der Waals surface area contributed by atoms with Gasteiger partial charge in [-0.2, -0.15) is 22.6 Å². The van der Waals surface area contributed by atoms with Gasteiger partial charge in [-0.3, -0.25) is 10.2 Å². The fourth-order valence-electron chi connectivity index (χ4n) is 2.99. The van der Waals surface area contributed by atoms with Crippen LogP contribution in [0.1, 0.15) is 11.3 Å². The first-order valence-electron chi connectivity index (χ1n) is 8.61. The van der Waals surface area contributed by atoms with Gasteiger partial charge in [-0.25, -0.2) is 13.3 Å². The zero-order valence-electron chi connectivity index (χ0n) is 15.9. The van der Waals surface area contributed by atoms with Crippen molar-refractivity contribution in [3.63, 3.8) is 0 Å². The normalized spacial score (nSPS) is 18.2. The van der Waals surface area contributed by atoms with Gasteiger partial charge in [0.1, 0.15) is 5.84 Å². The van der Waals surface area contributed by atoms with E-state index < -0.39 is 38.5 Å². The molecular weight excluding hydrogens is 491 g/mol. The van der Waals surface area contributed by atoms with Gasteiger partial charge in [-0.05, 0) is 36.4 Å². The van der Waals surface area contributed by atoms with Crippen molar-refractivity contribution in [1.82, 2.24) is 9.47 Å². The number of halogens is 4. The second-order valence-electron chi connectivity index (χ2n) is 6.65. The average Bonchev–Trinajstić information content (AvgIpc) is 3.31. The summed E-state index contributed by atoms with van der Waals surface area (Å²) in [6.07, 6.45) is -1.02. The molecule has 3 heterocycles. The zero-order valence-corrected chi connectivity index (χ0v) is 18.3. The van der Waals surface area contributed by atoms with E-state index in [1.807, 2.05) is 0 Å². The summed E-state index contributed by atoms with van der Waals surface area (Å²) in [6.45, 7) is 0. The summed E-state index contributed by atoms with van der Waals surface area (Å²) in [7, 11) is -3.82. The highest BCUT2D eigenvalue weighted by atomic mass is 35.5. The Labute approximate surface area is 188 Å². The molecule has 0 saturated heterocycles. The van der Waals surface area contributed by atoms with Crippen LogP contribution in [0.3, 0.4) is 0 Å². The minimum Gasteiger partial charge on any atom is -0.316 e. The van der Waals surface area contributed by atoms with Gasteiger partial charge >= 0.3 is 6.18 Å². The van der Waals surface area contributed by atoms with Crippen LogP contribution in [0.25, 0.3) is 11.8 Å². The van der Waals surface area contributed by atoms with Crippen molar-refractivity contribution in [3.05, 3.63) is 58.4 Å². The van der Waals surface area contributed by atoms with E-state index in [4.69, 9.17) is 17.0 Å². The number of fused-ring (bicyclic) bond motifs is 1. The summed E-state index contributed by atoms with van der Waals surface area (Å²) < 4.78 is 68.5. The highest BCUT2D eigenvalue weighted by molar-refractivity contribution is 8.16. The van der Waals surface area contributed by atoms with Gasteiger partial charge in [0.2, 0.25) is 20.2 Å². The summed E-state index contributed by atoms with van der Waals surface area (Å²) in [5, 5.41) is 7.87. The van der Waals surface area contributed by atoms with Gasteiger partial charge in [0.25, 0.3) is 5.91 Å². The van der Waals surface area contributed by atoms with Crippen LogP contribution in [-0.2, 0) is 20.8 Å². The van der Waals surface area contributed by atoms with E-state index >= 15 is 0 Å². The summed E-state index contributed by atoms with van der Waals surface area (Å²) in [6, 6.07) is 5.83. The fourth-order valence-corrected chi connectivity index (χ4v) is 5.04. The smallest absolute Gasteiger partial charge is 0.316 e. The molecule has 14 heteroatoms. The van der Waals surface area contributed by atoms with Crippen LogP contribution in [0.15, 0.2) is 51.5 Å². The molecule has 0 saturated carbocycles. The predicted octanol–water partition coefficient (Wildman–Crippen LogP) is 3.77. The number of nitrogens with zero attached hydrogens (tertiary/aromatic N) is 4. The number of alkyl halides is 3. The average molecular weight is 502 g/mol. The summed E-state index contributed by atoms with van der Waals surface area (Å²) >= 11 is 6.77. The number of rotatable bonds is 2. The maximum atomic E-state index is 13.2. The Hall–Kier alpha value is -2.90. The van der Waals surface area contributed by atoms with Crippen molar-refractivity contribution < 1.29 is 26.4 Å². The third-order valence-corrected chi connectivity index (χ3v) is 6.51. The predicted molar refractivity (Wildman–Crippen MR) is 116 cm³/mol. The molecule has 2 aliphatic heterocycles. The number of aromatic nitrogens is 1. The number of carbonyl (C=O) groups excluding carboxylic acids is 1. The highest BCUT2D eigenvalue weighted by Gasteiger charge is 2.41. The Morgan fingerprint density at radius 1 is 1.25 bits per heavy atom. The monoisotopic (exact) mass is 501 g/mol. The molecule has 32 heavy (non-hydrogen) atoms. The lowest BCUT2D eigenvalue weighted by Crippen LogP contribution is -2.45. The lowest BCUT2D eigenvalue weighted by molar-refractivity contribution is -0.137. The number of sulfone groups is 1. The van der Waals surface area contributed by atoms with Gasteiger partial charge in [-0.15, -0.1) is 0 Å². The number of hydrogen-bond donors (Lipinski definition) is 1. The molecular formula is C18H11ClF3N5O3S2. The van der Waals surface area contributed by atoms with Crippen molar-refractivity contribution in [2.45, 2.75) is 6.18 Å². The van der Waals surface area contributed by atoms with Crippen LogP contribution >= 0.6 is 23.5 Å². The van der Waals surface area contributed by atoms with Crippen LogP contribution < -0.4 is 0 Å². The molecule has 0 unspecified atom stereocenters. The molecule has 0 radical (unpaired) electrons. The first-order chi connectivity index (χ1) is 14.9. The lowest BCUT2D eigenvalue weighted by atomic mass is 10.1. The number of carbonyl (C=O) groups is 1. The number of nitrogens with one attached hydrogen (secondary N) is 1. The molecule has 166 valence electrons. The van der Waals surface area contributed by atoms with Gasteiger partial charge in [0.05, 0.1) is 33.8 Å². The third kappa shape index (κ3) is 3.87. The van der Waals surface area contributed by atoms with Crippen molar-refractivity contribution >= 4 is 61.5 Å². The molecule has 0 aliphatic carbocycles. The largest absolute Gasteiger partial charge is 0.416 e. The second kappa shape index (κ2) is 7.60. The minimum absolute atomic E-state index is 0.00689. The Bertz CT molecular complexity index is 1380. The quantitative estimate of drug-likeness (QED) is 0.498. The first kappa shape index (κ1) is 22.3. The number of amidine groups is 3. The molecule has 2 aromatic rings. The van der Waals surface area contributed by atoms with E-state index in [9.17, 15) is 26.4 Å². The van der Waals surface area contributed by atoms with Crippen molar-refractivity contribution in [1.29, 1.82) is 5.41 Å². The van der Waals surface area contributed by atoms with Crippen LogP contribution in [0.5, 0.6) is 0 Å². The molecule has 1 aromatic carbocycles. The van der Waals surface area contributed by atoms with Gasteiger partial charge in [0.15, 0.2) is 0 Å². The Balaban J connectivity index is 1.80. The van der Waals surface area contributed by atoms with Gasteiger partial charge in [0, 0.05) is 18.1 Å². The number of amides is 1. The Kier molecular flexibility index (Phi) is 5.30. The van der Waals surface area contributed by atoms with E-state index in [2.05, 4.69) is 9.39 Å². The van der Waals surface area contributed by atoms with Gasteiger partial charge < -0.3 is 4.57 Å². The SMILES string of the molecule is CS(=O)(=O)C1=NSC2=NC(=O)/C(=C\c3cccn3-c3cc(C(F)(F)F)ccc3Cl)C(=N)N21. The van der Waals surface area contributed by atoms with Crippen molar-refractivity contribution in [2.75, 3.05) is 6.26 Å². The van der Waals surface area contributed by atoms with E-state index in [1.54, 1.807) is 0 Å².